The Labute approximate surface area is 168 Å². The number of carboxylic acids is 1. The molecule has 29 heavy (non-hydrogen) atoms. The van der Waals surface area contributed by atoms with Crippen molar-refractivity contribution in [3.8, 4) is 23.0 Å². The second-order valence-corrected chi connectivity index (χ2v) is 6.83. The maximum atomic E-state index is 11.8. The highest BCUT2D eigenvalue weighted by atomic mass is 16.5. The van der Waals surface area contributed by atoms with Gasteiger partial charge in [0.05, 0.1) is 0 Å². The second kappa shape index (κ2) is 9.14. The van der Waals surface area contributed by atoms with Gasteiger partial charge in [-0.15, -0.1) is 0 Å². The van der Waals surface area contributed by atoms with E-state index >= 15 is 0 Å². The van der Waals surface area contributed by atoms with Gasteiger partial charge >= 0.3 is 11.9 Å². The molecule has 0 unspecified atom stereocenters. The SMILES string of the molecule is CC(=O)OCc1c(C)ccc(O)c1Oc1ccc(CC=C(C)C)c(O)c1C(=O)O. The number of ether oxygens (including phenoxy) is 2. The Morgan fingerprint density at radius 2 is 1.76 bits per heavy atom. The zero-order chi connectivity index (χ0) is 21.7. The van der Waals surface area contributed by atoms with Gasteiger partial charge in [0.1, 0.15) is 23.7 Å². The van der Waals surface area contributed by atoms with E-state index in [0.717, 1.165) is 5.57 Å². The predicted molar refractivity (Wildman–Crippen MR) is 107 cm³/mol. The summed E-state index contributed by atoms with van der Waals surface area (Å²) in [6, 6.07) is 6.01. The third-order valence-corrected chi connectivity index (χ3v) is 4.27. The third-order valence-electron chi connectivity index (χ3n) is 4.27. The van der Waals surface area contributed by atoms with Crippen molar-refractivity contribution in [1.29, 1.82) is 0 Å². The first kappa shape index (κ1) is 21.8. The quantitative estimate of drug-likeness (QED) is 0.464. The van der Waals surface area contributed by atoms with Gasteiger partial charge in [-0.25, -0.2) is 4.79 Å². The summed E-state index contributed by atoms with van der Waals surface area (Å²) in [5, 5.41) is 30.3. The van der Waals surface area contributed by atoms with Gasteiger partial charge in [0.15, 0.2) is 11.5 Å². The first-order chi connectivity index (χ1) is 13.6. The lowest BCUT2D eigenvalue weighted by atomic mass is 10.0. The van der Waals surface area contributed by atoms with Crippen LogP contribution in [0.25, 0.3) is 0 Å². The lowest BCUT2D eigenvalue weighted by molar-refractivity contribution is -0.142. The van der Waals surface area contributed by atoms with Crippen molar-refractivity contribution >= 4 is 11.9 Å². The molecule has 0 aliphatic heterocycles. The van der Waals surface area contributed by atoms with Crippen molar-refractivity contribution in [2.24, 2.45) is 0 Å². The molecule has 0 fully saturated rings. The number of aromatic carboxylic acids is 1. The van der Waals surface area contributed by atoms with E-state index in [1.165, 1.54) is 19.1 Å². The Kier molecular flexibility index (Phi) is 6.88. The molecule has 0 amide bonds. The standard InChI is InChI=1S/C22H24O7/c1-12(2)5-7-15-8-10-18(19(20(15)25)22(26)27)29-21-16(11-28-14(4)23)13(3)6-9-17(21)24/h5-6,8-10,24-25H,7,11H2,1-4H3,(H,26,27). The van der Waals surface area contributed by atoms with E-state index < -0.39 is 23.3 Å². The molecule has 7 heteroatoms. The van der Waals surface area contributed by atoms with Crippen LogP contribution in [0.4, 0.5) is 0 Å². The fourth-order valence-corrected chi connectivity index (χ4v) is 2.68. The highest BCUT2D eigenvalue weighted by Crippen LogP contribution is 2.40. The molecule has 0 aliphatic rings. The smallest absolute Gasteiger partial charge is 0.343 e. The van der Waals surface area contributed by atoms with E-state index in [4.69, 9.17) is 9.47 Å². The molecule has 0 radical (unpaired) electrons. The number of carboxylic acid groups (broad SMARTS) is 1. The van der Waals surface area contributed by atoms with Crippen molar-refractivity contribution in [3.63, 3.8) is 0 Å². The minimum absolute atomic E-state index is 0.0369. The average Bonchev–Trinajstić information content (AvgIpc) is 2.62. The lowest BCUT2D eigenvalue weighted by Crippen LogP contribution is -2.06. The first-order valence-corrected chi connectivity index (χ1v) is 8.96. The van der Waals surface area contributed by atoms with Crippen LogP contribution in [-0.4, -0.2) is 27.3 Å². The van der Waals surface area contributed by atoms with E-state index in [2.05, 4.69) is 0 Å². The molecule has 0 aromatic heterocycles. The molecule has 7 nitrogen and oxygen atoms in total. The highest BCUT2D eigenvalue weighted by Gasteiger charge is 2.23. The normalized spacial score (nSPS) is 10.3. The third kappa shape index (κ3) is 5.28. The van der Waals surface area contributed by atoms with Crippen molar-refractivity contribution in [2.45, 2.75) is 40.7 Å². The van der Waals surface area contributed by atoms with Gasteiger partial charge in [0, 0.05) is 12.5 Å². The van der Waals surface area contributed by atoms with Crippen LogP contribution in [0.2, 0.25) is 0 Å². The van der Waals surface area contributed by atoms with Gasteiger partial charge < -0.3 is 24.8 Å². The molecule has 0 saturated heterocycles. The molecule has 2 aromatic rings. The maximum Gasteiger partial charge on any atom is 0.343 e. The predicted octanol–water partition coefficient (Wildman–Crippen LogP) is 4.47. The number of allylic oxidation sites excluding steroid dienone is 2. The van der Waals surface area contributed by atoms with Crippen LogP contribution in [-0.2, 0) is 22.6 Å². The molecule has 0 spiro atoms. The molecular weight excluding hydrogens is 376 g/mol. The number of hydrogen-bond acceptors (Lipinski definition) is 6. The largest absolute Gasteiger partial charge is 0.507 e. The van der Waals surface area contributed by atoms with Crippen LogP contribution in [0.5, 0.6) is 23.0 Å². The fourth-order valence-electron chi connectivity index (χ4n) is 2.68. The fraction of sp³-hybridized carbons (Fsp3) is 0.273. The maximum absolute atomic E-state index is 11.8. The number of aromatic hydroxyl groups is 2. The van der Waals surface area contributed by atoms with E-state index in [1.807, 2.05) is 19.9 Å². The summed E-state index contributed by atoms with van der Waals surface area (Å²) in [5.74, 6) is -2.70. The van der Waals surface area contributed by atoms with Crippen LogP contribution in [0.1, 0.15) is 47.8 Å². The van der Waals surface area contributed by atoms with Crippen molar-refractivity contribution in [3.05, 3.63) is 58.2 Å². The lowest BCUT2D eigenvalue weighted by Gasteiger charge is -2.17. The van der Waals surface area contributed by atoms with Crippen LogP contribution >= 0.6 is 0 Å². The van der Waals surface area contributed by atoms with Crippen molar-refractivity contribution in [1.82, 2.24) is 0 Å². The summed E-state index contributed by atoms with van der Waals surface area (Å²) >= 11 is 0. The van der Waals surface area contributed by atoms with Crippen LogP contribution in [0, 0.1) is 6.92 Å². The monoisotopic (exact) mass is 400 g/mol. The van der Waals surface area contributed by atoms with Gasteiger partial charge in [0.25, 0.3) is 0 Å². The number of phenolic OH excluding ortho intramolecular Hbond substituents is 1. The van der Waals surface area contributed by atoms with Gasteiger partial charge in [-0.2, -0.15) is 0 Å². The van der Waals surface area contributed by atoms with Crippen molar-refractivity contribution < 1.29 is 34.4 Å². The Hall–Kier alpha value is -3.48. The first-order valence-electron chi connectivity index (χ1n) is 8.96. The van der Waals surface area contributed by atoms with E-state index in [-0.39, 0.29) is 23.9 Å². The summed E-state index contributed by atoms with van der Waals surface area (Å²) in [6.07, 6.45) is 2.23. The van der Waals surface area contributed by atoms with Gasteiger partial charge in [-0.05, 0) is 50.5 Å². The summed E-state index contributed by atoms with van der Waals surface area (Å²) in [7, 11) is 0. The molecule has 3 N–H and O–H groups in total. The molecule has 2 rings (SSSR count). The Bertz CT molecular complexity index is 970. The molecule has 0 heterocycles. The summed E-state index contributed by atoms with van der Waals surface area (Å²) in [4.78, 5) is 23.0. The number of carbonyl (C=O) groups is 2. The molecular formula is C22H24O7. The van der Waals surface area contributed by atoms with Gasteiger partial charge in [-0.3, -0.25) is 4.79 Å². The van der Waals surface area contributed by atoms with E-state index in [1.54, 1.807) is 19.1 Å². The second-order valence-electron chi connectivity index (χ2n) is 6.83. The van der Waals surface area contributed by atoms with Gasteiger partial charge in [0.2, 0.25) is 0 Å². The summed E-state index contributed by atoms with van der Waals surface area (Å²) in [5.41, 5.74) is 2.12. The summed E-state index contributed by atoms with van der Waals surface area (Å²) in [6.45, 7) is 6.64. The van der Waals surface area contributed by atoms with E-state index in [0.29, 0.717) is 23.1 Å². The minimum atomic E-state index is -1.37. The Morgan fingerprint density at radius 3 is 2.34 bits per heavy atom. The average molecular weight is 400 g/mol. The molecule has 0 aliphatic carbocycles. The van der Waals surface area contributed by atoms with E-state index in [9.17, 15) is 24.9 Å². The Morgan fingerprint density at radius 1 is 1.07 bits per heavy atom. The summed E-state index contributed by atoms with van der Waals surface area (Å²) < 4.78 is 10.7. The van der Waals surface area contributed by atoms with Crippen LogP contribution < -0.4 is 4.74 Å². The number of phenols is 2. The van der Waals surface area contributed by atoms with Crippen molar-refractivity contribution in [2.75, 3.05) is 0 Å². The van der Waals surface area contributed by atoms with Crippen LogP contribution in [0.3, 0.4) is 0 Å². The highest BCUT2D eigenvalue weighted by molar-refractivity contribution is 5.94. The topological polar surface area (TPSA) is 113 Å². The number of esters is 1. The number of hydrogen-bond donors (Lipinski definition) is 3. The number of rotatable bonds is 7. The zero-order valence-corrected chi connectivity index (χ0v) is 16.8. The molecule has 154 valence electrons. The minimum Gasteiger partial charge on any atom is -0.507 e. The molecule has 0 atom stereocenters. The number of carbonyl (C=O) groups excluding carboxylic acids is 1. The molecule has 2 aromatic carbocycles. The molecule has 0 saturated carbocycles. The molecule has 0 bridgehead atoms. The van der Waals surface area contributed by atoms with Gasteiger partial charge in [-0.1, -0.05) is 23.8 Å². The number of benzene rings is 2. The Balaban J connectivity index is 2.53. The zero-order valence-electron chi connectivity index (χ0n) is 16.8. The number of aryl methyl sites for hydroxylation is 1. The van der Waals surface area contributed by atoms with Crippen LogP contribution in [0.15, 0.2) is 35.9 Å².